The molecule has 13 rings (SSSR count). The maximum absolute atomic E-state index is 6.97. The zero-order chi connectivity index (χ0) is 54.2. The third-order valence-corrected chi connectivity index (χ3v) is 18.6. The van der Waals surface area contributed by atoms with Gasteiger partial charge in [0.15, 0.2) is 0 Å². The molecule has 0 amide bonds. The molecular formula is C70H66B2N2O2S2. The van der Waals surface area contributed by atoms with Crippen LogP contribution in [0.4, 0.5) is 34.1 Å². The summed E-state index contributed by atoms with van der Waals surface area (Å²) in [7, 11) is 0. The van der Waals surface area contributed by atoms with E-state index in [0.717, 1.165) is 57.1 Å². The van der Waals surface area contributed by atoms with Crippen molar-refractivity contribution < 1.29 is 9.47 Å². The van der Waals surface area contributed by atoms with Crippen molar-refractivity contribution in [1.29, 1.82) is 0 Å². The van der Waals surface area contributed by atoms with Crippen molar-refractivity contribution in [3.05, 3.63) is 204 Å². The van der Waals surface area contributed by atoms with E-state index in [1.165, 1.54) is 74.6 Å². The van der Waals surface area contributed by atoms with Crippen molar-refractivity contribution in [1.82, 2.24) is 0 Å². The van der Waals surface area contributed by atoms with Crippen LogP contribution < -0.4 is 52.1 Å². The van der Waals surface area contributed by atoms with E-state index >= 15 is 0 Å². The van der Waals surface area contributed by atoms with E-state index in [9.17, 15) is 0 Å². The highest BCUT2D eigenvalue weighted by molar-refractivity contribution is 8.00. The first kappa shape index (κ1) is 50.5. The summed E-state index contributed by atoms with van der Waals surface area (Å²) in [5, 5.41) is 0. The van der Waals surface area contributed by atoms with Gasteiger partial charge in [-0.25, -0.2) is 0 Å². The van der Waals surface area contributed by atoms with Crippen LogP contribution in [-0.2, 0) is 21.7 Å². The Morgan fingerprint density at radius 2 is 0.641 bits per heavy atom. The highest BCUT2D eigenvalue weighted by Gasteiger charge is 2.47. The molecule has 9 aromatic rings. The van der Waals surface area contributed by atoms with E-state index in [0.29, 0.717) is 0 Å². The molecule has 0 aromatic heterocycles. The molecular weight excluding hydrogens is 987 g/mol. The summed E-state index contributed by atoms with van der Waals surface area (Å²) in [5.41, 5.74) is 19.8. The van der Waals surface area contributed by atoms with Crippen LogP contribution in [0, 0.1) is 0 Å². The van der Waals surface area contributed by atoms with Crippen molar-refractivity contribution in [3.63, 3.8) is 0 Å². The molecule has 0 spiro atoms. The van der Waals surface area contributed by atoms with Crippen molar-refractivity contribution in [3.8, 4) is 23.0 Å². The van der Waals surface area contributed by atoms with Gasteiger partial charge in [0.25, 0.3) is 0 Å². The van der Waals surface area contributed by atoms with Gasteiger partial charge in [0.2, 0.25) is 13.4 Å². The molecule has 78 heavy (non-hydrogen) atoms. The second-order valence-electron chi connectivity index (χ2n) is 25.8. The summed E-state index contributed by atoms with van der Waals surface area (Å²) in [4.78, 5) is 10.0. The number of nitrogens with zero attached hydrogens (tertiary/aromatic N) is 2. The Hall–Kier alpha value is -6.99. The molecule has 0 bridgehead atoms. The zero-order valence-electron chi connectivity index (χ0n) is 47.0. The summed E-state index contributed by atoms with van der Waals surface area (Å²) >= 11 is 3.72. The predicted molar refractivity (Wildman–Crippen MR) is 334 cm³/mol. The van der Waals surface area contributed by atoms with Crippen LogP contribution in [-0.4, -0.2) is 13.4 Å². The molecule has 0 saturated heterocycles. The topological polar surface area (TPSA) is 24.9 Å². The van der Waals surface area contributed by atoms with Gasteiger partial charge in [-0.15, -0.1) is 0 Å². The molecule has 8 heteroatoms. The highest BCUT2D eigenvalue weighted by Crippen LogP contribution is 2.49. The molecule has 9 aromatic carbocycles. The third-order valence-electron chi connectivity index (χ3n) is 16.3. The molecule has 4 aliphatic rings. The second-order valence-corrected chi connectivity index (χ2v) is 28.0. The van der Waals surface area contributed by atoms with Crippen LogP contribution in [0.3, 0.4) is 0 Å². The lowest BCUT2D eigenvalue weighted by atomic mass is 9.31. The summed E-state index contributed by atoms with van der Waals surface area (Å²) in [5.74, 6) is 3.27. The van der Waals surface area contributed by atoms with Crippen molar-refractivity contribution in [2.75, 3.05) is 9.80 Å². The molecule has 0 radical (unpaired) electrons. The molecule has 4 aliphatic heterocycles. The number of fused-ring (bicyclic) bond motifs is 8. The SMILES string of the molecule is CC(C)(C)c1ccc(Oc2cc3c4c(c2)N(c2ccc(C(C)(C)C)cc2)c2cc5c(cc2B4c2ccccc2S3)B2c3ccccc3Sc3cc(Oc4ccc(C(C)(C)C)cc4)cc(c32)N5c2ccc(C(C)(C)C)cc2)cc1. The van der Waals surface area contributed by atoms with E-state index in [1.807, 2.05) is 23.5 Å². The molecule has 4 nitrogen and oxygen atoms in total. The van der Waals surface area contributed by atoms with E-state index in [2.05, 4.69) is 275 Å². The van der Waals surface area contributed by atoms with Gasteiger partial charge in [-0.2, -0.15) is 0 Å². The minimum atomic E-state index is -0.0352. The first-order valence-corrected chi connectivity index (χ1v) is 29.2. The molecule has 0 unspecified atom stereocenters. The maximum atomic E-state index is 6.97. The third kappa shape index (κ3) is 8.75. The number of hydrogen-bond donors (Lipinski definition) is 0. The summed E-state index contributed by atoms with van der Waals surface area (Å²) < 4.78 is 13.9. The molecule has 386 valence electrons. The summed E-state index contributed by atoms with van der Waals surface area (Å²) in [6.07, 6.45) is 0. The van der Waals surface area contributed by atoms with Crippen LogP contribution in [0.25, 0.3) is 0 Å². The largest absolute Gasteiger partial charge is 0.457 e. The van der Waals surface area contributed by atoms with Crippen molar-refractivity contribution >= 4 is 104 Å². The predicted octanol–water partition coefficient (Wildman–Crippen LogP) is 16.0. The zero-order valence-corrected chi connectivity index (χ0v) is 48.6. The highest BCUT2D eigenvalue weighted by atomic mass is 32.2. The molecule has 0 N–H and O–H groups in total. The smallest absolute Gasteiger partial charge is 0.249 e. The average Bonchev–Trinajstić information content (AvgIpc) is 3.12. The van der Waals surface area contributed by atoms with Gasteiger partial charge < -0.3 is 19.3 Å². The number of rotatable bonds is 6. The lowest BCUT2D eigenvalue weighted by molar-refractivity contribution is 0.480. The van der Waals surface area contributed by atoms with Crippen LogP contribution >= 0.6 is 23.5 Å². The Bertz CT molecular complexity index is 3590. The van der Waals surface area contributed by atoms with Gasteiger partial charge in [-0.1, -0.05) is 209 Å². The lowest BCUT2D eigenvalue weighted by Gasteiger charge is -2.44. The Balaban J connectivity index is 1.07. The van der Waals surface area contributed by atoms with Crippen molar-refractivity contribution in [2.45, 2.75) is 124 Å². The molecule has 0 aliphatic carbocycles. The number of ether oxygens (including phenoxy) is 2. The summed E-state index contributed by atoms with van der Waals surface area (Å²) in [6, 6.07) is 68.3. The summed E-state index contributed by atoms with van der Waals surface area (Å²) in [6.45, 7) is 27.2. The molecule has 4 heterocycles. The first-order chi connectivity index (χ1) is 37.2. The van der Waals surface area contributed by atoms with Crippen LogP contribution in [0.15, 0.2) is 202 Å². The maximum Gasteiger partial charge on any atom is 0.249 e. The number of hydrogen-bond acceptors (Lipinski definition) is 6. The fourth-order valence-corrected chi connectivity index (χ4v) is 14.4. The van der Waals surface area contributed by atoms with Crippen LogP contribution in [0.5, 0.6) is 23.0 Å². The van der Waals surface area contributed by atoms with Gasteiger partial charge in [-0.3, -0.25) is 0 Å². The Kier molecular flexibility index (Phi) is 11.8. The lowest BCUT2D eigenvalue weighted by Crippen LogP contribution is -2.64. The Labute approximate surface area is 471 Å². The fourth-order valence-electron chi connectivity index (χ4n) is 12.0. The fraction of sp³-hybridized carbons (Fsp3) is 0.229. The van der Waals surface area contributed by atoms with Gasteiger partial charge in [0, 0.05) is 65.8 Å². The quantitative estimate of drug-likeness (QED) is 0.154. The van der Waals surface area contributed by atoms with Gasteiger partial charge in [0.1, 0.15) is 23.0 Å². The minimum absolute atomic E-state index is 0.0133. The van der Waals surface area contributed by atoms with E-state index in [-0.39, 0.29) is 35.1 Å². The normalized spacial score (nSPS) is 14.2. The van der Waals surface area contributed by atoms with Crippen molar-refractivity contribution in [2.24, 2.45) is 0 Å². The average molecular weight is 1050 g/mol. The minimum Gasteiger partial charge on any atom is -0.457 e. The van der Waals surface area contributed by atoms with E-state index in [1.54, 1.807) is 0 Å². The van der Waals surface area contributed by atoms with E-state index in [4.69, 9.17) is 9.47 Å². The Morgan fingerprint density at radius 1 is 0.308 bits per heavy atom. The second kappa shape index (κ2) is 18.3. The molecule has 0 atom stereocenters. The molecule has 0 fully saturated rings. The van der Waals surface area contributed by atoms with Crippen LogP contribution in [0.1, 0.15) is 105 Å². The first-order valence-electron chi connectivity index (χ1n) is 27.6. The van der Waals surface area contributed by atoms with Gasteiger partial charge in [-0.05, 0) is 145 Å². The Morgan fingerprint density at radius 3 is 0.987 bits per heavy atom. The van der Waals surface area contributed by atoms with Gasteiger partial charge in [0.05, 0.1) is 0 Å². The number of anilines is 6. The monoisotopic (exact) mass is 1050 g/mol. The van der Waals surface area contributed by atoms with E-state index < -0.39 is 0 Å². The number of benzene rings is 9. The standard InChI is InChI=1S/C70H66B2N2O2S2/c1-67(2,3)43-21-29-47(30-22-43)73-57-42-58-56(41-55(57)71-53-17-13-15-19-61(53)77-63-39-51(37-59(73)65(63)71)75-49-33-25-45(26-34-49)69(7,8)9)72-54-18-14-16-20-62(54)78-64-40-52(76-50-35-27-46(28-36-50)70(10,11)12)38-60(66(64)72)74(58)48-31-23-44(24-32-48)68(4,5)6/h13-42H,1-12H3. The van der Waals surface area contributed by atoms with Crippen LogP contribution in [0.2, 0.25) is 0 Å². The van der Waals surface area contributed by atoms with Gasteiger partial charge >= 0.3 is 0 Å². The molecule has 0 saturated carbocycles.